The minimum absolute atomic E-state index is 0.102. The standard InChI is InChI=1S/C17H14ClN/c1-10-7-12-14(8-15(10)18)17(2,3)13-6-4-5-11(9-19)16(12)13/h4-8H,1-3H3. The summed E-state index contributed by atoms with van der Waals surface area (Å²) >= 11 is 6.27. The highest BCUT2D eigenvalue weighted by atomic mass is 35.5. The molecule has 0 heterocycles. The van der Waals surface area contributed by atoms with Crippen LogP contribution in [0.1, 0.15) is 36.1 Å². The molecule has 0 spiro atoms. The highest BCUT2D eigenvalue weighted by molar-refractivity contribution is 6.31. The zero-order valence-corrected chi connectivity index (χ0v) is 12.0. The largest absolute Gasteiger partial charge is 0.192 e. The average Bonchev–Trinajstić information content (AvgIpc) is 2.60. The molecule has 19 heavy (non-hydrogen) atoms. The van der Waals surface area contributed by atoms with Crippen LogP contribution in [0.5, 0.6) is 0 Å². The van der Waals surface area contributed by atoms with E-state index in [1.54, 1.807) is 0 Å². The summed E-state index contributed by atoms with van der Waals surface area (Å²) in [5.74, 6) is 0. The van der Waals surface area contributed by atoms with Gasteiger partial charge in [-0.05, 0) is 47.4 Å². The van der Waals surface area contributed by atoms with Crippen molar-refractivity contribution in [1.82, 2.24) is 0 Å². The molecule has 2 aromatic rings. The Morgan fingerprint density at radius 1 is 1.16 bits per heavy atom. The van der Waals surface area contributed by atoms with Gasteiger partial charge in [-0.2, -0.15) is 5.26 Å². The van der Waals surface area contributed by atoms with Crippen molar-refractivity contribution in [1.29, 1.82) is 5.26 Å². The van der Waals surface area contributed by atoms with Crippen LogP contribution in [0, 0.1) is 18.3 Å². The molecule has 0 amide bonds. The summed E-state index contributed by atoms with van der Waals surface area (Å²) in [6, 6.07) is 12.4. The maximum atomic E-state index is 9.35. The molecule has 0 unspecified atom stereocenters. The SMILES string of the molecule is Cc1cc2c(cc1Cl)C(C)(C)c1cccc(C#N)c1-2. The molecule has 2 aromatic carbocycles. The Kier molecular flexibility index (Phi) is 2.49. The monoisotopic (exact) mass is 267 g/mol. The van der Waals surface area contributed by atoms with E-state index in [-0.39, 0.29) is 5.41 Å². The van der Waals surface area contributed by atoms with Gasteiger partial charge < -0.3 is 0 Å². The molecule has 0 atom stereocenters. The first kappa shape index (κ1) is 12.3. The fourth-order valence-corrected chi connectivity index (χ4v) is 3.17. The molecule has 0 saturated carbocycles. The van der Waals surface area contributed by atoms with Crippen molar-refractivity contribution in [3.05, 3.63) is 57.6 Å². The van der Waals surface area contributed by atoms with Crippen molar-refractivity contribution < 1.29 is 0 Å². The molecular formula is C17H14ClN. The van der Waals surface area contributed by atoms with Crippen LogP contribution in [-0.2, 0) is 5.41 Å². The average molecular weight is 268 g/mol. The van der Waals surface area contributed by atoms with Gasteiger partial charge in [0.15, 0.2) is 0 Å². The molecule has 0 fully saturated rings. The third-order valence-electron chi connectivity index (χ3n) is 4.10. The first-order valence-electron chi connectivity index (χ1n) is 6.31. The van der Waals surface area contributed by atoms with Gasteiger partial charge in [0.2, 0.25) is 0 Å². The molecule has 0 bridgehead atoms. The highest BCUT2D eigenvalue weighted by Gasteiger charge is 2.37. The number of fused-ring (bicyclic) bond motifs is 3. The van der Waals surface area contributed by atoms with Gasteiger partial charge in [-0.1, -0.05) is 37.6 Å². The second kappa shape index (κ2) is 3.85. The number of hydrogen-bond acceptors (Lipinski definition) is 1. The quantitative estimate of drug-likeness (QED) is 0.671. The maximum absolute atomic E-state index is 9.35. The van der Waals surface area contributed by atoms with E-state index in [0.29, 0.717) is 0 Å². The van der Waals surface area contributed by atoms with Gasteiger partial charge in [0.05, 0.1) is 11.6 Å². The van der Waals surface area contributed by atoms with E-state index in [1.165, 1.54) is 11.1 Å². The predicted molar refractivity (Wildman–Crippen MR) is 78.5 cm³/mol. The van der Waals surface area contributed by atoms with Crippen molar-refractivity contribution in [2.24, 2.45) is 0 Å². The maximum Gasteiger partial charge on any atom is 0.0998 e. The summed E-state index contributed by atoms with van der Waals surface area (Å²) in [6.07, 6.45) is 0. The number of benzene rings is 2. The minimum Gasteiger partial charge on any atom is -0.192 e. The van der Waals surface area contributed by atoms with E-state index in [0.717, 1.165) is 27.3 Å². The van der Waals surface area contributed by atoms with Gasteiger partial charge in [-0.3, -0.25) is 0 Å². The molecule has 3 rings (SSSR count). The smallest absolute Gasteiger partial charge is 0.0998 e. The lowest BCUT2D eigenvalue weighted by molar-refractivity contribution is 0.660. The van der Waals surface area contributed by atoms with Crippen LogP contribution in [0.15, 0.2) is 30.3 Å². The van der Waals surface area contributed by atoms with Crippen molar-refractivity contribution in [3.63, 3.8) is 0 Å². The normalized spacial score (nSPS) is 14.7. The summed E-state index contributed by atoms with van der Waals surface area (Å²) < 4.78 is 0. The Morgan fingerprint density at radius 2 is 1.89 bits per heavy atom. The van der Waals surface area contributed by atoms with E-state index in [1.807, 2.05) is 25.1 Å². The van der Waals surface area contributed by atoms with Gasteiger partial charge in [-0.15, -0.1) is 0 Å². The van der Waals surface area contributed by atoms with Crippen LogP contribution in [0.25, 0.3) is 11.1 Å². The second-order valence-electron chi connectivity index (χ2n) is 5.61. The lowest BCUT2D eigenvalue weighted by Gasteiger charge is -2.21. The number of halogens is 1. The first-order chi connectivity index (χ1) is 8.96. The Bertz CT molecular complexity index is 736. The van der Waals surface area contributed by atoms with E-state index >= 15 is 0 Å². The van der Waals surface area contributed by atoms with Gasteiger partial charge >= 0.3 is 0 Å². The summed E-state index contributed by atoms with van der Waals surface area (Å²) in [7, 11) is 0. The van der Waals surface area contributed by atoms with Crippen LogP contribution < -0.4 is 0 Å². The zero-order chi connectivity index (χ0) is 13.8. The van der Waals surface area contributed by atoms with Gasteiger partial charge in [0.1, 0.15) is 0 Å². The first-order valence-corrected chi connectivity index (χ1v) is 6.69. The molecule has 0 radical (unpaired) electrons. The Labute approximate surface area is 118 Å². The van der Waals surface area contributed by atoms with Crippen LogP contribution in [0.4, 0.5) is 0 Å². The zero-order valence-electron chi connectivity index (χ0n) is 11.2. The van der Waals surface area contributed by atoms with Crippen LogP contribution >= 0.6 is 11.6 Å². The van der Waals surface area contributed by atoms with E-state index in [2.05, 4.69) is 32.0 Å². The molecule has 0 N–H and O–H groups in total. The topological polar surface area (TPSA) is 23.8 Å². The summed E-state index contributed by atoms with van der Waals surface area (Å²) in [6.45, 7) is 6.37. The molecule has 1 aliphatic carbocycles. The number of nitrogens with zero attached hydrogens (tertiary/aromatic N) is 1. The summed E-state index contributed by atoms with van der Waals surface area (Å²) in [5.41, 5.74) is 6.34. The van der Waals surface area contributed by atoms with E-state index < -0.39 is 0 Å². The molecule has 1 nitrogen and oxygen atoms in total. The number of hydrogen-bond donors (Lipinski definition) is 0. The third-order valence-corrected chi connectivity index (χ3v) is 4.51. The van der Waals surface area contributed by atoms with Crippen molar-refractivity contribution in [2.75, 3.05) is 0 Å². The highest BCUT2D eigenvalue weighted by Crippen LogP contribution is 2.50. The summed E-state index contributed by atoms with van der Waals surface area (Å²) in [5, 5.41) is 10.1. The number of rotatable bonds is 0. The van der Waals surface area contributed by atoms with Crippen molar-refractivity contribution in [2.45, 2.75) is 26.2 Å². The Morgan fingerprint density at radius 3 is 2.58 bits per heavy atom. The summed E-state index contributed by atoms with van der Waals surface area (Å²) in [4.78, 5) is 0. The minimum atomic E-state index is -0.102. The fourth-order valence-electron chi connectivity index (χ4n) is 3.01. The number of aryl methyl sites for hydroxylation is 1. The van der Waals surface area contributed by atoms with Gasteiger partial charge in [-0.25, -0.2) is 0 Å². The lowest BCUT2D eigenvalue weighted by atomic mass is 9.82. The number of nitriles is 1. The van der Waals surface area contributed by atoms with Crippen LogP contribution in [0.3, 0.4) is 0 Å². The molecule has 1 aliphatic rings. The molecule has 0 aromatic heterocycles. The Balaban J connectivity index is 2.46. The third kappa shape index (κ3) is 1.54. The molecular weight excluding hydrogens is 254 g/mol. The fraction of sp³-hybridized carbons (Fsp3) is 0.235. The Hall–Kier alpha value is -1.78. The second-order valence-corrected chi connectivity index (χ2v) is 6.02. The predicted octanol–water partition coefficient (Wildman–Crippen LogP) is 4.83. The van der Waals surface area contributed by atoms with Gasteiger partial charge in [0.25, 0.3) is 0 Å². The van der Waals surface area contributed by atoms with Crippen LogP contribution in [-0.4, -0.2) is 0 Å². The molecule has 2 heteroatoms. The van der Waals surface area contributed by atoms with E-state index in [9.17, 15) is 5.26 Å². The van der Waals surface area contributed by atoms with E-state index in [4.69, 9.17) is 11.6 Å². The lowest BCUT2D eigenvalue weighted by Crippen LogP contribution is -2.15. The van der Waals surface area contributed by atoms with Crippen molar-refractivity contribution in [3.8, 4) is 17.2 Å². The van der Waals surface area contributed by atoms with Crippen molar-refractivity contribution >= 4 is 11.6 Å². The molecule has 0 aliphatic heterocycles. The van der Waals surface area contributed by atoms with Gasteiger partial charge in [0, 0.05) is 16.0 Å². The molecule has 94 valence electrons. The molecule has 0 saturated heterocycles. The van der Waals surface area contributed by atoms with Crippen LogP contribution in [0.2, 0.25) is 5.02 Å².